The zero-order valence-corrected chi connectivity index (χ0v) is 12.8. The number of hydrogen-bond donors (Lipinski definition) is 1. The van der Waals surface area contributed by atoms with E-state index in [1.54, 1.807) is 7.11 Å². The SMILES string of the molecule is COc1ccc(CN(CC2CC2)C2CC2)cc1C#CCN. The molecule has 0 bridgehead atoms. The maximum Gasteiger partial charge on any atom is 0.134 e. The number of rotatable bonds is 6. The first-order valence-electron chi connectivity index (χ1n) is 7.90. The number of nitrogens with zero attached hydrogens (tertiary/aromatic N) is 1. The Labute approximate surface area is 127 Å². The van der Waals surface area contributed by atoms with Crippen molar-refractivity contribution in [3.63, 3.8) is 0 Å². The van der Waals surface area contributed by atoms with Crippen LogP contribution in [0.2, 0.25) is 0 Å². The minimum absolute atomic E-state index is 0.378. The molecule has 0 saturated heterocycles. The highest BCUT2D eigenvalue weighted by molar-refractivity contribution is 5.48. The maximum atomic E-state index is 5.47. The molecule has 1 aromatic rings. The fourth-order valence-corrected chi connectivity index (χ4v) is 2.75. The molecule has 0 spiro atoms. The van der Waals surface area contributed by atoms with Gasteiger partial charge in [-0.3, -0.25) is 4.90 Å². The molecule has 2 fully saturated rings. The lowest BCUT2D eigenvalue weighted by molar-refractivity contribution is 0.244. The molecule has 0 atom stereocenters. The van der Waals surface area contributed by atoms with Crippen LogP contribution in [0.4, 0.5) is 0 Å². The highest BCUT2D eigenvalue weighted by Gasteiger charge is 2.33. The van der Waals surface area contributed by atoms with E-state index in [-0.39, 0.29) is 0 Å². The first kappa shape index (κ1) is 14.4. The van der Waals surface area contributed by atoms with E-state index in [2.05, 4.69) is 28.9 Å². The largest absolute Gasteiger partial charge is 0.495 e. The van der Waals surface area contributed by atoms with E-state index in [1.807, 2.05) is 6.07 Å². The number of nitrogens with two attached hydrogens (primary N) is 1. The van der Waals surface area contributed by atoms with E-state index in [9.17, 15) is 0 Å². The Kier molecular flexibility index (Phi) is 4.48. The van der Waals surface area contributed by atoms with Crippen molar-refractivity contribution in [3.05, 3.63) is 29.3 Å². The van der Waals surface area contributed by atoms with Crippen LogP contribution in [0, 0.1) is 17.8 Å². The summed E-state index contributed by atoms with van der Waals surface area (Å²) in [5.74, 6) is 7.82. The molecular weight excluding hydrogens is 260 g/mol. The molecule has 0 unspecified atom stereocenters. The molecule has 3 heteroatoms. The summed E-state index contributed by atoms with van der Waals surface area (Å²) in [5.41, 5.74) is 7.74. The van der Waals surface area contributed by atoms with Crippen LogP contribution in [-0.2, 0) is 6.54 Å². The maximum absolute atomic E-state index is 5.47. The summed E-state index contributed by atoms with van der Waals surface area (Å²) in [5, 5.41) is 0. The molecule has 0 amide bonds. The van der Waals surface area contributed by atoms with Crippen LogP contribution >= 0.6 is 0 Å². The van der Waals surface area contributed by atoms with Crippen molar-refractivity contribution in [2.75, 3.05) is 20.2 Å². The van der Waals surface area contributed by atoms with Crippen molar-refractivity contribution >= 4 is 0 Å². The van der Waals surface area contributed by atoms with Crippen LogP contribution < -0.4 is 10.5 Å². The predicted octanol–water partition coefficient (Wildman–Crippen LogP) is 2.38. The third-order valence-electron chi connectivity index (χ3n) is 4.23. The highest BCUT2D eigenvalue weighted by atomic mass is 16.5. The second-order valence-electron chi connectivity index (χ2n) is 6.14. The average molecular weight is 284 g/mol. The molecule has 0 radical (unpaired) electrons. The average Bonchev–Trinajstić information content (AvgIpc) is 3.37. The molecule has 0 aromatic heterocycles. The van der Waals surface area contributed by atoms with Crippen molar-refractivity contribution < 1.29 is 4.74 Å². The number of ether oxygens (including phenoxy) is 1. The third-order valence-corrected chi connectivity index (χ3v) is 4.23. The Morgan fingerprint density at radius 2 is 2.10 bits per heavy atom. The van der Waals surface area contributed by atoms with Crippen LogP contribution in [-0.4, -0.2) is 31.1 Å². The van der Waals surface area contributed by atoms with Gasteiger partial charge >= 0.3 is 0 Å². The van der Waals surface area contributed by atoms with E-state index in [0.717, 1.165) is 29.8 Å². The topological polar surface area (TPSA) is 38.5 Å². The molecule has 2 saturated carbocycles. The van der Waals surface area contributed by atoms with E-state index in [4.69, 9.17) is 10.5 Å². The molecule has 112 valence electrons. The Bertz CT molecular complexity index is 550. The molecule has 2 aliphatic rings. The van der Waals surface area contributed by atoms with Crippen LogP contribution in [0.15, 0.2) is 18.2 Å². The summed E-state index contributed by atoms with van der Waals surface area (Å²) in [7, 11) is 1.69. The minimum Gasteiger partial charge on any atom is -0.495 e. The van der Waals surface area contributed by atoms with Gasteiger partial charge in [0, 0.05) is 19.1 Å². The van der Waals surface area contributed by atoms with Crippen molar-refractivity contribution in [1.29, 1.82) is 0 Å². The van der Waals surface area contributed by atoms with Gasteiger partial charge in [-0.1, -0.05) is 17.9 Å². The summed E-state index contributed by atoms with van der Waals surface area (Å²) in [4.78, 5) is 2.65. The number of methoxy groups -OCH3 is 1. The molecule has 1 aromatic carbocycles. The Balaban J connectivity index is 1.73. The van der Waals surface area contributed by atoms with Crippen LogP contribution in [0.5, 0.6) is 5.75 Å². The van der Waals surface area contributed by atoms with E-state index >= 15 is 0 Å². The molecule has 0 aliphatic heterocycles. The molecule has 3 nitrogen and oxygen atoms in total. The van der Waals surface area contributed by atoms with Gasteiger partial charge in [0.25, 0.3) is 0 Å². The number of hydrogen-bond acceptors (Lipinski definition) is 3. The lowest BCUT2D eigenvalue weighted by Gasteiger charge is -2.22. The van der Waals surface area contributed by atoms with Gasteiger partial charge in [-0.25, -0.2) is 0 Å². The van der Waals surface area contributed by atoms with E-state index in [1.165, 1.54) is 37.8 Å². The monoisotopic (exact) mass is 284 g/mol. The summed E-state index contributed by atoms with van der Waals surface area (Å²) in [6.45, 7) is 2.67. The van der Waals surface area contributed by atoms with Gasteiger partial charge in [0.05, 0.1) is 19.2 Å². The first-order chi connectivity index (χ1) is 10.3. The lowest BCUT2D eigenvalue weighted by atomic mass is 10.1. The smallest absolute Gasteiger partial charge is 0.134 e. The van der Waals surface area contributed by atoms with E-state index < -0.39 is 0 Å². The van der Waals surface area contributed by atoms with Gasteiger partial charge in [0.15, 0.2) is 0 Å². The summed E-state index contributed by atoms with van der Waals surface area (Å²) < 4.78 is 5.38. The lowest BCUT2D eigenvalue weighted by Crippen LogP contribution is -2.27. The van der Waals surface area contributed by atoms with Gasteiger partial charge in [-0.05, 0) is 49.3 Å². The molecule has 0 heterocycles. The molecule has 2 N–H and O–H groups in total. The fraction of sp³-hybridized carbons (Fsp3) is 0.556. The van der Waals surface area contributed by atoms with Crippen molar-refractivity contribution in [1.82, 2.24) is 4.90 Å². The third kappa shape index (κ3) is 4.00. The quantitative estimate of drug-likeness (QED) is 0.815. The fourth-order valence-electron chi connectivity index (χ4n) is 2.75. The summed E-state index contributed by atoms with van der Waals surface area (Å²) in [6.07, 6.45) is 5.56. The standard InChI is InChI=1S/C18H24N2O/c1-21-18-9-6-15(11-16(18)3-2-10-19)13-20(17-7-8-17)12-14-4-5-14/h6,9,11,14,17H,4-5,7-8,10,12-13,19H2,1H3. The Hall–Kier alpha value is -1.50. The molecule has 21 heavy (non-hydrogen) atoms. The van der Waals surface area contributed by atoms with Gasteiger partial charge in [-0.15, -0.1) is 0 Å². The van der Waals surface area contributed by atoms with Crippen molar-refractivity contribution in [2.45, 2.75) is 38.3 Å². The van der Waals surface area contributed by atoms with Crippen LogP contribution in [0.25, 0.3) is 0 Å². The minimum atomic E-state index is 0.378. The summed E-state index contributed by atoms with van der Waals surface area (Å²) in [6, 6.07) is 7.16. The van der Waals surface area contributed by atoms with Crippen molar-refractivity contribution in [3.8, 4) is 17.6 Å². The van der Waals surface area contributed by atoms with Gasteiger partial charge < -0.3 is 10.5 Å². The molecule has 2 aliphatic carbocycles. The van der Waals surface area contributed by atoms with Crippen molar-refractivity contribution in [2.24, 2.45) is 11.7 Å². The second kappa shape index (κ2) is 6.51. The highest BCUT2D eigenvalue weighted by Crippen LogP contribution is 2.35. The Morgan fingerprint density at radius 1 is 1.29 bits per heavy atom. The normalized spacial score (nSPS) is 17.5. The number of benzene rings is 1. The zero-order valence-electron chi connectivity index (χ0n) is 12.8. The molecular formula is C18H24N2O. The zero-order chi connectivity index (χ0) is 14.7. The van der Waals surface area contributed by atoms with Crippen LogP contribution in [0.1, 0.15) is 36.8 Å². The summed E-state index contributed by atoms with van der Waals surface area (Å²) >= 11 is 0. The molecule has 3 rings (SSSR count). The van der Waals surface area contributed by atoms with E-state index in [0.29, 0.717) is 6.54 Å². The van der Waals surface area contributed by atoms with Gasteiger partial charge in [0.1, 0.15) is 5.75 Å². The van der Waals surface area contributed by atoms with Crippen LogP contribution in [0.3, 0.4) is 0 Å². The first-order valence-corrected chi connectivity index (χ1v) is 7.90. The van der Waals surface area contributed by atoms with Gasteiger partial charge in [0.2, 0.25) is 0 Å². The Morgan fingerprint density at radius 3 is 2.71 bits per heavy atom. The second-order valence-corrected chi connectivity index (χ2v) is 6.14. The van der Waals surface area contributed by atoms with Gasteiger partial charge in [-0.2, -0.15) is 0 Å². The predicted molar refractivity (Wildman–Crippen MR) is 85.1 cm³/mol.